The lowest BCUT2D eigenvalue weighted by Crippen LogP contribution is -2.50. The summed E-state index contributed by atoms with van der Waals surface area (Å²) in [6.07, 6.45) is -0.895. The van der Waals surface area contributed by atoms with E-state index in [-0.39, 0.29) is 13.0 Å². The van der Waals surface area contributed by atoms with Crippen LogP contribution in [0.3, 0.4) is 0 Å². The highest BCUT2D eigenvalue weighted by Gasteiger charge is 2.30. The van der Waals surface area contributed by atoms with Crippen molar-refractivity contribution in [3.05, 3.63) is 35.9 Å². The van der Waals surface area contributed by atoms with Crippen LogP contribution in [0, 0.1) is 5.92 Å². The molecule has 0 heterocycles. The van der Waals surface area contributed by atoms with Crippen LogP contribution in [0.2, 0.25) is 0 Å². The topological polar surface area (TPSA) is 108 Å². The Morgan fingerprint density at radius 3 is 2.33 bits per heavy atom. The SMILES string of the molecule is CCOC(=O)C[C@@H](C)[C@H](NC(=O)[C@@H](OC)c1ccccc1)C(N)=O. The molecule has 1 rings (SSSR count). The van der Waals surface area contributed by atoms with E-state index in [1.807, 2.05) is 6.07 Å². The minimum atomic E-state index is -0.997. The summed E-state index contributed by atoms with van der Waals surface area (Å²) in [5.74, 6) is -2.16. The van der Waals surface area contributed by atoms with Gasteiger partial charge in [-0.25, -0.2) is 0 Å². The summed E-state index contributed by atoms with van der Waals surface area (Å²) in [5, 5.41) is 2.57. The molecule has 0 aliphatic rings. The molecule has 2 amide bonds. The Morgan fingerprint density at radius 2 is 1.83 bits per heavy atom. The smallest absolute Gasteiger partial charge is 0.306 e. The lowest BCUT2D eigenvalue weighted by molar-refractivity contribution is -0.145. The third-order valence-electron chi connectivity index (χ3n) is 3.54. The second-order valence-corrected chi connectivity index (χ2v) is 5.40. The van der Waals surface area contributed by atoms with E-state index in [9.17, 15) is 14.4 Å². The van der Waals surface area contributed by atoms with Gasteiger partial charge in [-0.1, -0.05) is 37.3 Å². The monoisotopic (exact) mass is 336 g/mol. The van der Waals surface area contributed by atoms with E-state index in [0.717, 1.165) is 0 Å². The molecule has 0 fully saturated rings. The first-order chi connectivity index (χ1) is 11.4. The van der Waals surface area contributed by atoms with Crippen LogP contribution in [0.5, 0.6) is 0 Å². The third-order valence-corrected chi connectivity index (χ3v) is 3.54. The summed E-state index contributed by atoms with van der Waals surface area (Å²) >= 11 is 0. The molecule has 1 aromatic rings. The van der Waals surface area contributed by atoms with Crippen LogP contribution < -0.4 is 11.1 Å². The van der Waals surface area contributed by atoms with E-state index < -0.39 is 35.8 Å². The van der Waals surface area contributed by atoms with Crippen LogP contribution in [0.15, 0.2) is 30.3 Å². The molecule has 3 N–H and O–H groups in total. The first kappa shape index (κ1) is 19.6. The highest BCUT2D eigenvalue weighted by atomic mass is 16.5. The number of esters is 1. The van der Waals surface area contributed by atoms with E-state index >= 15 is 0 Å². The molecular weight excluding hydrogens is 312 g/mol. The predicted molar refractivity (Wildman–Crippen MR) is 87.7 cm³/mol. The van der Waals surface area contributed by atoms with E-state index in [0.29, 0.717) is 5.56 Å². The zero-order chi connectivity index (χ0) is 18.1. The van der Waals surface area contributed by atoms with E-state index in [2.05, 4.69) is 5.32 Å². The maximum Gasteiger partial charge on any atom is 0.306 e. The molecule has 0 aliphatic carbocycles. The third kappa shape index (κ3) is 5.66. The van der Waals surface area contributed by atoms with E-state index in [1.165, 1.54) is 7.11 Å². The second-order valence-electron chi connectivity index (χ2n) is 5.40. The van der Waals surface area contributed by atoms with Crippen molar-refractivity contribution in [1.82, 2.24) is 5.32 Å². The molecule has 7 heteroatoms. The normalized spacial score (nSPS) is 14.3. The number of primary amides is 1. The highest BCUT2D eigenvalue weighted by Crippen LogP contribution is 2.18. The van der Waals surface area contributed by atoms with Gasteiger partial charge in [0.25, 0.3) is 5.91 Å². The summed E-state index contributed by atoms with van der Waals surface area (Å²) in [7, 11) is 1.40. The van der Waals surface area contributed by atoms with Crippen LogP contribution >= 0.6 is 0 Å². The first-order valence-electron chi connectivity index (χ1n) is 7.73. The molecule has 0 bridgehead atoms. The minimum Gasteiger partial charge on any atom is -0.466 e. The number of amides is 2. The predicted octanol–water partition coefficient (Wildman–Crippen LogP) is 0.933. The fourth-order valence-electron chi connectivity index (χ4n) is 2.35. The number of carbonyl (C=O) groups is 3. The molecule has 0 saturated heterocycles. The van der Waals surface area contributed by atoms with Gasteiger partial charge in [0.1, 0.15) is 6.04 Å². The molecular formula is C17H24N2O5. The summed E-state index contributed by atoms with van der Waals surface area (Å²) in [6.45, 7) is 3.59. The van der Waals surface area contributed by atoms with Gasteiger partial charge in [-0.3, -0.25) is 14.4 Å². The van der Waals surface area contributed by atoms with Gasteiger partial charge in [0.05, 0.1) is 13.0 Å². The van der Waals surface area contributed by atoms with Crippen molar-refractivity contribution in [1.29, 1.82) is 0 Å². The van der Waals surface area contributed by atoms with Crippen molar-refractivity contribution in [2.45, 2.75) is 32.4 Å². The summed E-state index contributed by atoms with van der Waals surface area (Å²) in [4.78, 5) is 35.7. The lowest BCUT2D eigenvalue weighted by atomic mass is 9.97. The van der Waals surface area contributed by atoms with Gasteiger partial charge in [0.2, 0.25) is 5.91 Å². The van der Waals surface area contributed by atoms with Gasteiger partial charge in [0.15, 0.2) is 6.10 Å². The number of hydrogen-bond donors (Lipinski definition) is 2. The lowest BCUT2D eigenvalue weighted by Gasteiger charge is -2.24. The van der Waals surface area contributed by atoms with Crippen molar-refractivity contribution < 1.29 is 23.9 Å². The van der Waals surface area contributed by atoms with Gasteiger partial charge < -0.3 is 20.5 Å². The van der Waals surface area contributed by atoms with Gasteiger partial charge in [-0.15, -0.1) is 0 Å². The molecule has 7 nitrogen and oxygen atoms in total. The first-order valence-corrected chi connectivity index (χ1v) is 7.73. The Balaban J connectivity index is 2.81. The Labute approximate surface area is 141 Å². The molecule has 0 aromatic heterocycles. The van der Waals surface area contributed by atoms with Gasteiger partial charge in [0, 0.05) is 7.11 Å². The van der Waals surface area contributed by atoms with Crippen LogP contribution in [0.4, 0.5) is 0 Å². The molecule has 0 aliphatic heterocycles. The Kier molecular flexibility index (Phi) is 7.91. The van der Waals surface area contributed by atoms with Gasteiger partial charge >= 0.3 is 5.97 Å². The van der Waals surface area contributed by atoms with Crippen LogP contribution in [0.25, 0.3) is 0 Å². The Bertz CT molecular complexity index is 561. The van der Waals surface area contributed by atoms with Crippen molar-refractivity contribution in [2.75, 3.05) is 13.7 Å². The van der Waals surface area contributed by atoms with Crippen molar-refractivity contribution >= 4 is 17.8 Å². The molecule has 0 saturated carbocycles. The fraction of sp³-hybridized carbons (Fsp3) is 0.471. The van der Waals surface area contributed by atoms with Crippen molar-refractivity contribution in [2.24, 2.45) is 11.7 Å². The van der Waals surface area contributed by atoms with Gasteiger partial charge in [-0.2, -0.15) is 0 Å². The largest absolute Gasteiger partial charge is 0.466 e. The zero-order valence-electron chi connectivity index (χ0n) is 14.2. The molecule has 0 unspecified atom stereocenters. The zero-order valence-corrected chi connectivity index (χ0v) is 14.2. The summed E-state index contributed by atoms with van der Waals surface area (Å²) in [6, 6.07) is 7.88. The summed E-state index contributed by atoms with van der Waals surface area (Å²) < 4.78 is 10.1. The molecule has 3 atom stereocenters. The average molecular weight is 336 g/mol. The Morgan fingerprint density at radius 1 is 1.21 bits per heavy atom. The van der Waals surface area contributed by atoms with Crippen molar-refractivity contribution in [3.63, 3.8) is 0 Å². The molecule has 0 radical (unpaired) electrons. The number of benzene rings is 1. The summed E-state index contributed by atoms with van der Waals surface area (Å²) in [5.41, 5.74) is 6.02. The number of ether oxygens (including phenoxy) is 2. The second kappa shape index (κ2) is 9.67. The van der Waals surface area contributed by atoms with Crippen LogP contribution in [-0.2, 0) is 23.9 Å². The number of carbonyl (C=O) groups excluding carboxylic acids is 3. The van der Waals surface area contributed by atoms with Gasteiger partial charge in [-0.05, 0) is 18.4 Å². The number of hydrogen-bond acceptors (Lipinski definition) is 5. The number of methoxy groups -OCH3 is 1. The molecule has 24 heavy (non-hydrogen) atoms. The minimum absolute atomic E-state index is 0.0231. The maximum absolute atomic E-state index is 12.4. The Hall–Kier alpha value is -2.41. The standard InChI is InChI=1S/C17H24N2O5/c1-4-24-13(20)10-11(2)14(16(18)21)19-17(22)15(23-3)12-8-6-5-7-9-12/h5-9,11,14-15H,4,10H2,1-3H3,(H2,18,21)(H,19,22)/t11-,14+,15+/m1/s1. The van der Waals surface area contributed by atoms with Crippen molar-refractivity contribution in [3.8, 4) is 0 Å². The van der Waals surface area contributed by atoms with E-state index in [1.54, 1.807) is 38.1 Å². The maximum atomic E-state index is 12.4. The fourth-order valence-corrected chi connectivity index (χ4v) is 2.35. The van der Waals surface area contributed by atoms with Crippen LogP contribution in [-0.4, -0.2) is 37.5 Å². The molecule has 132 valence electrons. The number of nitrogens with one attached hydrogen (secondary N) is 1. The quantitative estimate of drug-likeness (QED) is 0.652. The average Bonchev–Trinajstić information content (AvgIpc) is 2.54. The molecule has 0 spiro atoms. The van der Waals surface area contributed by atoms with Crippen LogP contribution in [0.1, 0.15) is 31.9 Å². The number of rotatable bonds is 9. The van der Waals surface area contributed by atoms with E-state index in [4.69, 9.17) is 15.2 Å². The highest BCUT2D eigenvalue weighted by molar-refractivity contribution is 5.89. The molecule has 1 aromatic carbocycles. The number of nitrogens with two attached hydrogens (primary N) is 1.